The van der Waals surface area contributed by atoms with E-state index in [-0.39, 0.29) is 34.3 Å². The van der Waals surface area contributed by atoms with Crippen LogP contribution in [0.3, 0.4) is 0 Å². The van der Waals surface area contributed by atoms with Gasteiger partial charge in [0.1, 0.15) is 0 Å². The summed E-state index contributed by atoms with van der Waals surface area (Å²) in [5.74, 6) is -0.692. The zero-order valence-electron chi connectivity index (χ0n) is 13.0. The van der Waals surface area contributed by atoms with Crippen LogP contribution in [-0.2, 0) is 19.5 Å². The minimum atomic E-state index is -3.87. The monoisotopic (exact) mass is 376 g/mol. The van der Waals surface area contributed by atoms with Gasteiger partial charge in [-0.1, -0.05) is 11.6 Å². The van der Waals surface area contributed by atoms with Gasteiger partial charge in [-0.15, -0.1) is 0 Å². The number of benzene rings is 1. The van der Waals surface area contributed by atoms with E-state index in [0.29, 0.717) is 26.1 Å². The van der Waals surface area contributed by atoms with Crippen LogP contribution in [0.25, 0.3) is 0 Å². The highest BCUT2D eigenvalue weighted by atomic mass is 35.5. The van der Waals surface area contributed by atoms with Gasteiger partial charge in [-0.05, 0) is 13.0 Å². The molecule has 1 aromatic carbocycles. The number of hydrogen-bond acceptors (Lipinski definition) is 6. The highest BCUT2D eigenvalue weighted by Gasteiger charge is 2.43. The number of hydrogen-bond donors (Lipinski definition) is 0. The molecular formula is C14H17ClN2O6S. The van der Waals surface area contributed by atoms with Gasteiger partial charge in [0.05, 0.1) is 28.1 Å². The lowest BCUT2D eigenvalue weighted by Gasteiger charge is -2.36. The quantitative estimate of drug-likeness (QED) is 0.591. The molecule has 2 saturated heterocycles. The molecular weight excluding hydrogens is 360 g/mol. The third kappa shape index (κ3) is 3.02. The van der Waals surface area contributed by atoms with Gasteiger partial charge in [0, 0.05) is 37.6 Å². The van der Waals surface area contributed by atoms with Crippen molar-refractivity contribution < 1.29 is 22.8 Å². The maximum atomic E-state index is 12.8. The first-order valence-electron chi connectivity index (χ1n) is 7.48. The first kappa shape index (κ1) is 17.6. The van der Waals surface area contributed by atoms with Crippen molar-refractivity contribution in [1.82, 2.24) is 4.31 Å². The molecule has 0 aromatic heterocycles. The van der Waals surface area contributed by atoms with E-state index in [1.165, 1.54) is 17.3 Å². The van der Waals surface area contributed by atoms with E-state index in [0.717, 1.165) is 6.07 Å². The highest BCUT2D eigenvalue weighted by molar-refractivity contribution is 7.89. The summed E-state index contributed by atoms with van der Waals surface area (Å²) in [6.07, 6.45) is 0.849. The lowest BCUT2D eigenvalue weighted by molar-refractivity contribution is -0.385. The second-order valence-corrected chi connectivity index (χ2v) is 8.16. The van der Waals surface area contributed by atoms with E-state index in [2.05, 4.69) is 0 Å². The number of halogens is 1. The van der Waals surface area contributed by atoms with Gasteiger partial charge in [-0.25, -0.2) is 8.42 Å². The summed E-state index contributed by atoms with van der Waals surface area (Å²) in [7, 11) is -3.87. The third-order valence-corrected chi connectivity index (χ3v) is 6.69. The van der Waals surface area contributed by atoms with Gasteiger partial charge in [0.15, 0.2) is 5.79 Å². The van der Waals surface area contributed by atoms with Crippen LogP contribution in [0.5, 0.6) is 0 Å². The molecule has 0 atom stereocenters. The Kier molecular flexibility index (Phi) is 4.56. The van der Waals surface area contributed by atoms with Crippen LogP contribution in [0.4, 0.5) is 5.69 Å². The molecule has 0 N–H and O–H groups in total. The van der Waals surface area contributed by atoms with E-state index < -0.39 is 20.7 Å². The molecule has 8 nitrogen and oxygen atoms in total. The predicted octanol–water partition coefficient (Wildman–Crippen LogP) is 2.08. The van der Waals surface area contributed by atoms with Gasteiger partial charge < -0.3 is 9.47 Å². The van der Waals surface area contributed by atoms with E-state index in [9.17, 15) is 18.5 Å². The number of nitro benzene ring substituents is 1. The van der Waals surface area contributed by atoms with Crippen molar-refractivity contribution >= 4 is 27.3 Å². The van der Waals surface area contributed by atoms with Crippen molar-refractivity contribution in [3.63, 3.8) is 0 Å². The summed E-state index contributed by atoms with van der Waals surface area (Å²) < 4.78 is 38.0. The van der Waals surface area contributed by atoms with Crippen LogP contribution in [-0.4, -0.2) is 49.7 Å². The fraction of sp³-hybridized carbons (Fsp3) is 0.571. The summed E-state index contributed by atoms with van der Waals surface area (Å²) >= 11 is 5.98. The fourth-order valence-corrected chi connectivity index (χ4v) is 4.75. The van der Waals surface area contributed by atoms with Crippen LogP contribution in [0, 0.1) is 17.0 Å². The SMILES string of the molecule is Cc1c(Cl)cc(S(=O)(=O)N2CCC3(CC2)OCCO3)cc1[N+](=O)[O-]. The van der Waals surface area contributed by atoms with E-state index in [1.807, 2.05) is 0 Å². The largest absolute Gasteiger partial charge is 0.347 e. The molecule has 2 aliphatic rings. The average Bonchev–Trinajstić information content (AvgIpc) is 2.98. The molecule has 2 fully saturated rings. The zero-order chi connectivity index (χ0) is 17.5. The molecule has 0 unspecified atom stereocenters. The van der Waals surface area contributed by atoms with Gasteiger partial charge in [0.2, 0.25) is 10.0 Å². The fourth-order valence-electron chi connectivity index (χ4n) is 2.98. The Bertz CT molecular complexity index is 766. The van der Waals surface area contributed by atoms with Crippen molar-refractivity contribution in [3.8, 4) is 0 Å². The first-order valence-corrected chi connectivity index (χ1v) is 9.30. The second-order valence-electron chi connectivity index (χ2n) is 5.82. The summed E-state index contributed by atoms with van der Waals surface area (Å²) in [6, 6.07) is 2.32. The Morgan fingerprint density at radius 3 is 2.38 bits per heavy atom. The summed E-state index contributed by atoms with van der Waals surface area (Å²) in [5.41, 5.74) is -0.0667. The molecule has 10 heteroatoms. The third-order valence-electron chi connectivity index (χ3n) is 4.42. The minimum absolute atomic E-state index is 0.0544. The van der Waals surface area contributed by atoms with E-state index in [4.69, 9.17) is 21.1 Å². The Morgan fingerprint density at radius 1 is 1.25 bits per heavy atom. The van der Waals surface area contributed by atoms with Crippen LogP contribution in [0.2, 0.25) is 5.02 Å². The van der Waals surface area contributed by atoms with Crippen molar-refractivity contribution in [1.29, 1.82) is 0 Å². The maximum absolute atomic E-state index is 12.8. The van der Waals surface area contributed by atoms with Crippen molar-refractivity contribution in [3.05, 3.63) is 32.8 Å². The molecule has 0 radical (unpaired) electrons. The van der Waals surface area contributed by atoms with Crippen LogP contribution >= 0.6 is 11.6 Å². The molecule has 2 aliphatic heterocycles. The molecule has 1 aromatic rings. The molecule has 0 saturated carbocycles. The summed E-state index contributed by atoms with van der Waals surface area (Å²) in [4.78, 5) is 10.3. The van der Waals surface area contributed by atoms with Crippen LogP contribution in [0.1, 0.15) is 18.4 Å². The van der Waals surface area contributed by atoms with Crippen LogP contribution in [0.15, 0.2) is 17.0 Å². The predicted molar refractivity (Wildman–Crippen MR) is 85.5 cm³/mol. The smallest absolute Gasteiger partial charge is 0.275 e. The standard InChI is InChI=1S/C14H17ClN2O6S/c1-10-12(15)8-11(9-13(10)17(18)19)24(20,21)16-4-2-14(3-5-16)22-6-7-23-14/h8-9H,2-7H2,1H3. The van der Waals surface area contributed by atoms with Crippen LogP contribution < -0.4 is 0 Å². The Hall–Kier alpha value is -1.26. The highest BCUT2D eigenvalue weighted by Crippen LogP contribution is 2.35. The number of piperidine rings is 1. The number of sulfonamides is 1. The Balaban J connectivity index is 1.87. The topological polar surface area (TPSA) is 99.0 Å². The summed E-state index contributed by atoms with van der Waals surface area (Å²) in [6.45, 7) is 2.94. The molecule has 0 aliphatic carbocycles. The van der Waals surface area contributed by atoms with Gasteiger partial charge in [0.25, 0.3) is 5.69 Å². The lowest BCUT2D eigenvalue weighted by Crippen LogP contribution is -2.47. The zero-order valence-corrected chi connectivity index (χ0v) is 14.6. The Labute approximate surface area is 144 Å². The van der Waals surface area contributed by atoms with E-state index >= 15 is 0 Å². The normalized spacial score (nSPS) is 21.2. The Morgan fingerprint density at radius 2 is 1.83 bits per heavy atom. The number of ether oxygens (including phenoxy) is 2. The first-order chi connectivity index (χ1) is 11.3. The lowest BCUT2D eigenvalue weighted by atomic mass is 10.1. The molecule has 0 bridgehead atoms. The molecule has 0 amide bonds. The molecule has 2 heterocycles. The van der Waals surface area contributed by atoms with E-state index in [1.54, 1.807) is 0 Å². The molecule has 3 rings (SSSR count). The number of rotatable bonds is 3. The van der Waals surface area contributed by atoms with Gasteiger partial charge >= 0.3 is 0 Å². The molecule has 132 valence electrons. The number of nitrogens with zero attached hydrogens (tertiary/aromatic N) is 2. The minimum Gasteiger partial charge on any atom is -0.347 e. The molecule has 1 spiro atoms. The maximum Gasteiger partial charge on any atom is 0.275 e. The summed E-state index contributed by atoms with van der Waals surface area (Å²) in [5, 5.41) is 11.2. The van der Waals surface area contributed by atoms with Gasteiger partial charge in [-0.2, -0.15) is 4.31 Å². The van der Waals surface area contributed by atoms with Crippen molar-refractivity contribution in [2.45, 2.75) is 30.4 Å². The van der Waals surface area contributed by atoms with Gasteiger partial charge in [-0.3, -0.25) is 10.1 Å². The number of nitro groups is 1. The van der Waals surface area contributed by atoms with Crippen molar-refractivity contribution in [2.24, 2.45) is 0 Å². The second kappa shape index (κ2) is 6.23. The average molecular weight is 377 g/mol. The molecule has 24 heavy (non-hydrogen) atoms. The van der Waals surface area contributed by atoms with Crippen molar-refractivity contribution in [2.75, 3.05) is 26.3 Å².